The summed E-state index contributed by atoms with van der Waals surface area (Å²) in [5.74, 6) is 0.574. The third-order valence-corrected chi connectivity index (χ3v) is 3.17. The van der Waals surface area contributed by atoms with Crippen molar-refractivity contribution in [2.45, 2.75) is 45.6 Å². The first kappa shape index (κ1) is 14.0. The van der Waals surface area contributed by atoms with Crippen LogP contribution in [0.5, 0.6) is 0 Å². The predicted molar refractivity (Wildman–Crippen MR) is 65.2 cm³/mol. The minimum Gasteiger partial charge on any atom is -0.378 e. The van der Waals surface area contributed by atoms with Gasteiger partial charge in [-0.3, -0.25) is 4.79 Å². The van der Waals surface area contributed by atoms with E-state index >= 15 is 0 Å². The van der Waals surface area contributed by atoms with Gasteiger partial charge in [0.15, 0.2) is 0 Å². The van der Waals surface area contributed by atoms with Crippen molar-refractivity contribution in [2.75, 3.05) is 19.7 Å². The SMILES string of the molecule is CCCN(CC#N)C(=O)CC1CC(OCC)C1. The summed E-state index contributed by atoms with van der Waals surface area (Å²) >= 11 is 0. The van der Waals surface area contributed by atoms with E-state index in [-0.39, 0.29) is 12.5 Å². The molecular weight excluding hydrogens is 216 g/mol. The van der Waals surface area contributed by atoms with E-state index in [2.05, 4.69) is 6.07 Å². The Morgan fingerprint density at radius 1 is 1.47 bits per heavy atom. The smallest absolute Gasteiger partial charge is 0.223 e. The van der Waals surface area contributed by atoms with Crippen LogP contribution in [0.25, 0.3) is 0 Å². The number of carbonyl (C=O) groups excluding carboxylic acids is 1. The standard InChI is InChI=1S/C13H22N2O2/c1-3-6-15(7-5-14)13(16)10-11-8-12(9-11)17-4-2/h11-12H,3-4,6-10H2,1-2H3. The molecule has 96 valence electrons. The summed E-state index contributed by atoms with van der Waals surface area (Å²) in [6.45, 7) is 5.67. The van der Waals surface area contributed by atoms with Gasteiger partial charge in [0.2, 0.25) is 5.91 Å². The average molecular weight is 238 g/mol. The number of amides is 1. The van der Waals surface area contributed by atoms with Crippen LogP contribution < -0.4 is 0 Å². The maximum atomic E-state index is 11.9. The highest BCUT2D eigenvalue weighted by molar-refractivity contribution is 5.76. The molecule has 0 aromatic carbocycles. The number of hydrogen-bond donors (Lipinski definition) is 0. The molecule has 1 amide bonds. The molecule has 1 aliphatic carbocycles. The van der Waals surface area contributed by atoms with E-state index in [1.807, 2.05) is 13.8 Å². The van der Waals surface area contributed by atoms with Gasteiger partial charge in [0.1, 0.15) is 6.54 Å². The normalized spacial score (nSPS) is 22.6. The lowest BCUT2D eigenvalue weighted by Gasteiger charge is -2.35. The van der Waals surface area contributed by atoms with Crippen molar-refractivity contribution < 1.29 is 9.53 Å². The Bertz CT molecular complexity index is 280. The largest absolute Gasteiger partial charge is 0.378 e. The molecule has 0 N–H and O–H groups in total. The monoisotopic (exact) mass is 238 g/mol. The van der Waals surface area contributed by atoms with E-state index in [1.165, 1.54) is 0 Å². The molecule has 0 atom stereocenters. The summed E-state index contributed by atoms with van der Waals surface area (Å²) in [6.07, 6.45) is 3.82. The second-order valence-corrected chi connectivity index (χ2v) is 4.59. The van der Waals surface area contributed by atoms with Gasteiger partial charge in [-0.1, -0.05) is 6.92 Å². The van der Waals surface area contributed by atoms with E-state index in [9.17, 15) is 4.79 Å². The van der Waals surface area contributed by atoms with Gasteiger partial charge in [-0.15, -0.1) is 0 Å². The summed E-state index contributed by atoms with van der Waals surface area (Å²) < 4.78 is 5.47. The molecule has 1 aliphatic rings. The van der Waals surface area contributed by atoms with Crippen LogP contribution in [0.3, 0.4) is 0 Å². The highest BCUT2D eigenvalue weighted by Gasteiger charge is 2.32. The van der Waals surface area contributed by atoms with Gasteiger partial charge in [0, 0.05) is 19.6 Å². The van der Waals surface area contributed by atoms with Crippen LogP contribution in [0.15, 0.2) is 0 Å². The molecule has 1 rings (SSSR count). The molecule has 0 unspecified atom stereocenters. The van der Waals surface area contributed by atoms with E-state index in [4.69, 9.17) is 10.00 Å². The topological polar surface area (TPSA) is 53.3 Å². The van der Waals surface area contributed by atoms with Gasteiger partial charge in [-0.05, 0) is 32.1 Å². The van der Waals surface area contributed by atoms with Crippen LogP contribution in [-0.4, -0.2) is 36.6 Å². The minimum atomic E-state index is 0.119. The number of nitrogens with zero attached hydrogens (tertiary/aromatic N) is 2. The lowest BCUT2D eigenvalue weighted by molar-refractivity contribution is -0.134. The maximum absolute atomic E-state index is 11.9. The summed E-state index contributed by atoms with van der Waals surface area (Å²) in [5.41, 5.74) is 0. The van der Waals surface area contributed by atoms with Gasteiger partial charge in [0.25, 0.3) is 0 Å². The fraction of sp³-hybridized carbons (Fsp3) is 0.846. The van der Waals surface area contributed by atoms with Crippen LogP contribution in [0, 0.1) is 17.2 Å². The fourth-order valence-corrected chi connectivity index (χ4v) is 2.24. The van der Waals surface area contributed by atoms with Crippen molar-refractivity contribution in [3.05, 3.63) is 0 Å². The number of rotatable bonds is 7. The van der Waals surface area contributed by atoms with Gasteiger partial charge >= 0.3 is 0 Å². The molecule has 0 aromatic heterocycles. The molecule has 0 saturated heterocycles. The van der Waals surface area contributed by atoms with Crippen LogP contribution in [0.4, 0.5) is 0 Å². The number of hydrogen-bond acceptors (Lipinski definition) is 3. The average Bonchev–Trinajstić information content (AvgIpc) is 2.26. The molecule has 1 saturated carbocycles. The van der Waals surface area contributed by atoms with Crippen molar-refractivity contribution in [3.63, 3.8) is 0 Å². The number of nitriles is 1. The zero-order valence-corrected chi connectivity index (χ0v) is 10.8. The lowest BCUT2D eigenvalue weighted by Crippen LogP contribution is -2.38. The Kier molecular flexibility index (Phi) is 5.99. The molecule has 0 aliphatic heterocycles. The first-order chi connectivity index (χ1) is 8.21. The van der Waals surface area contributed by atoms with Crippen LogP contribution in [-0.2, 0) is 9.53 Å². The van der Waals surface area contributed by atoms with E-state index in [0.717, 1.165) is 25.9 Å². The third kappa shape index (κ3) is 4.35. The van der Waals surface area contributed by atoms with Gasteiger partial charge < -0.3 is 9.64 Å². The summed E-state index contributed by atoms with van der Waals surface area (Å²) in [6, 6.07) is 2.05. The molecule has 4 heteroatoms. The molecule has 0 aromatic rings. The quantitative estimate of drug-likeness (QED) is 0.637. The minimum absolute atomic E-state index is 0.119. The zero-order valence-electron chi connectivity index (χ0n) is 10.8. The van der Waals surface area contributed by atoms with Crippen molar-refractivity contribution in [2.24, 2.45) is 5.92 Å². The lowest BCUT2D eigenvalue weighted by atomic mass is 9.79. The predicted octanol–water partition coefficient (Wildman–Crippen LogP) is 1.95. The van der Waals surface area contributed by atoms with Crippen molar-refractivity contribution in [1.29, 1.82) is 5.26 Å². The Balaban J connectivity index is 2.26. The molecule has 17 heavy (non-hydrogen) atoms. The highest BCUT2D eigenvalue weighted by Crippen LogP contribution is 2.33. The molecular formula is C13H22N2O2. The van der Waals surface area contributed by atoms with E-state index in [1.54, 1.807) is 4.90 Å². The van der Waals surface area contributed by atoms with Crippen molar-refractivity contribution in [1.82, 2.24) is 4.90 Å². The van der Waals surface area contributed by atoms with Crippen LogP contribution >= 0.6 is 0 Å². The number of carbonyl (C=O) groups is 1. The molecule has 0 heterocycles. The first-order valence-electron chi connectivity index (χ1n) is 6.47. The maximum Gasteiger partial charge on any atom is 0.223 e. The van der Waals surface area contributed by atoms with Gasteiger partial charge in [0.05, 0.1) is 12.2 Å². The third-order valence-electron chi connectivity index (χ3n) is 3.17. The summed E-state index contributed by atoms with van der Waals surface area (Å²) in [5, 5.41) is 8.67. The summed E-state index contributed by atoms with van der Waals surface area (Å²) in [4.78, 5) is 13.6. The zero-order chi connectivity index (χ0) is 12.7. The van der Waals surface area contributed by atoms with Gasteiger partial charge in [-0.2, -0.15) is 5.26 Å². The van der Waals surface area contributed by atoms with Crippen molar-refractivity contribution in [3.8, 4) is 6.07 Å². The Morgan fingerprint density at radius 2 is 2.18 bits per heavy atom. The molecule has 0 bridgehead atoms. The first-order valence-corrected chi connectivity index (χ1v) is 6.47. The highest BCUT2D eigenvalue weighted by atomic mass is 16.5. The second kappa shape index (κ2) is 7.29. The fourth-order valence-electron chi connectivity index (χ4n) is 2.24. The van der Waals surface area contributed by atoms with Gasteiger partial charge in [-0.25, -0.2) is 0 Å². The Hall–Kier alpha value is -1.08. The molecule has 0 radical (unpaired) electrons. The summed E-state index contributed by atoms with van der Waals surface area (Å²) in [7, 11) is 0. The molecule has 4 nitrogen and oxygen atoms in total. The Labute approximate surface area is 104 Å². The molecule has 0 spiro atoms. The number of ether oxygens (including phenoxy) is 1. The van der Waals surface area contributed by atoms with Crippen LogP contribution in [0.1, 0.15) is 39.5 Å². The van der Waals surface area contributed by atoms with Crippen molar-refractivity contribution >= 4 is 5.91 Å². The Morgan fingerprint density at radius 3 is 2.71 bits per heavy atom. The van der Waals surface area contributed by atoms with E-state index in [0.29, 0.717) is 25.0 Å². The van der Waals surface area contributed by atoms with Crippen LogP contribution in [0.2, 0.25) is 0 Å². The second-order valence-electron chi connectivity index (χ2n) is 4.59. The van der Waals surface area contributed by atoms with E-state index < -0.39 is 0 Å². The molecule has 1 fully saturated rings.